The summed E-state index contributed by atoms with van der Waals surface area (Å²) in [5.41, 5.74) is 3.36. The van der Waals surface area contributed by atoms with E-state index < -0.39 is 27.6 Å². The monoisotopic (exact) mass is 484 g/mol. The van der Waals surface area contributed by atoms with Gasteiger partial charge in [0.1, 0.15) is 5.82 Å². The number of hydrogen-bond acceptors (Lipinski definition) is 4. The van der Waals surface area contributed by atoms with E-state index in [0.717, 1.165) is 6.08 Å². The first-order chi connectivity index (χ1) is 16.0. The van der Waals surface area contributed by atoms with Gasteiger partial charge in [-0.15, -0.1) is 0 Å². The maximum Gasteiger partial charge on any atom is 0.293 e. The van der Waals surface area contributed by atoms with Crippen LogP contribution in [0.15, 0.2) is 71.4 Å². The second-order valence-corrected chi connectivity index (χ2v) is 9.94. The van der Waals surface area contributed by atoms with Crippen LogP contribution in [-0.2, 0) is 14.8 Å². The van der Waals surface area contributed by atoms with Crippen LogP contribution < -0.4 is 10.0 Å². The third-order valence-electron chi connectivity index (χ3n) is 5.11. The Labute approximate surface area is 198 Å². The van der Waals surface area contributed by atoms with E-state index in [1.54, 1.807) is 48.9 Å². The summed E-state index contributed by atoms with van der Waals surface area (Å²) in [5, 5.41) is 3.15. The van der Waals surface area contributed by atoms with Gasteiger partial charge < -0.3 is 5.32 Å². The van der Waals surface area contributed by atoms with Crippen LogP contribution in [0.4, 0.5) is 14.5 Å². The summed E-state index contributed by atoms with van der Waals surface area (Å²) in [6.07, 6.45) is 0.966. The first kappa shape index (κ1) is 25.1. The number of hydrogen-bond donors (Lipinski definition) is 2. The molecule has 0 spiro atoms. The molecule has 0 radical (unpaired) electrons. The van der Waals surface area contributed by atoms with Crippen molar-refractivity contribution in [3.8, 4) is 11.1 Å². The normalized spacial score (nSPS) is 12.0. The molecule has 0 heterocycles. The molecule has 8 heteroatoms. The zero-order chi connectivity index (χ0) is 25.0. The molecule has 178 valence electrons. The van der Waals surface area contributed by atoms with Crippen molar-refractivity contribution in [2.45, 2.75) is 38.6 Å². The van der Waals surface area contributed by atoms with Gasteiger partial charge in [0.05, 0.1) is 4.90 Å². The van der Waals surface area contributed by atoms with Crippen molar-refractivity contribution in [3.05, 3.63) is 89.0 Å². The fourth-order valence-electron chi connectivity index (χ4n) is 3.47. The van der Waals surface area contributed by atoms with Crippen molar-refractivity contribution in [1.29, 1.82) is 0 Å². The van der Waals surface area contributed by atoms with E-state index in [0.29, 0.717) is 33.5 Å². The number of carbonyl (C=O) groups is 1. The van der Waals surface area contributed by atoms with E-state index in [-0.39, 0.29) is 10.9 Å². The number of halogens is 2. The zero-order valence-corrected chi connectivity index (χ0v) is 20.1. The summed E-state index contributed by atoms with van der Waals surface area (Å²) in [7, 11) is -4.20. The maximum absolute atomic E-state index is 14.8. The molecule has 1 amide bonds. The summed E-state index contributed by atoms with van der Waals surface area (Å²) in [6.45, 7) is 7.38. The molecule has 0 aromatic heterocycles. The standard InChI is InChI=1S/C26H26F2N2O3S/c1-16(2)29-20-10-11-22(24(27)15-20)23-13-17(3)19(12-18(23)4)14-25(28)26(31)30-34(32,33)21-8-6-5-7-9-21/h5-16,29H,1-4H3,(H,30,31). The maximum atomic E-state index is 14.8. The van der Waals surface area contributed by atoms with Crippen LogP contribution in [0, 0.1) is 19.7 Å². The average molecular weight is 485 g/mol. The minimum atomic E-state index is -4.20. The van der Waals surface area contributed by atoms with Crippen LogP contribution >= 0.6 is 0 Å². The quantitative estimate of drug-likeness (QED) is 0.419. The van der Waals surface area contributed by atoms with Crippen molar-refractivity contribution < 1.29 is 22.0 Å². The molecule has 0 saturated carbocycles. The molecule has 5 nitrogen and oxygen atoms in total. The van der Waals surface area contributed by atoms with Crippen LogP contribution in [0.25, 0.3) is 17.2 Å². The largest absolute Gasteiger partial charge is 0.383 e. The van der Waals surface area contributed by atoms with Crippen LogP contribution in [0.5, 0.6) is 0 Å². The topological polar surface area (TPSA) is 75.3 Å². The molecule has 0 aliphatic carbocycles. The third-order valence-corrected chi connectivity index (χ3v) is 6.45. The molecule has 3 rings (SSSR count). The first-order valence-electron chi connectivity index (χ1n) is 10.6. The van der Waals surface area contributed by atoms with E-state index in [9.17, 15) is 22.0 Å². The van der Waals surface area contributed by atoms with Gasteiger partial charge in [-0.25, -0.2) is 21.9 Å². The number of nitrogens with one attached hydrogen (secondary N) is 2. The highest BCUT2D eigenvalue weighted by Crippen LogP contribution is 2.31. The van der Waals surface area contributed by atoms with Crippen LogP contribution in [-0.4, -0.2) is 20.4 Å². The highest BCUT2D eigenvalue weighted by molar-refractivity contribution is 7.90. The van der Waals surface area contributed by atoms with E-state index in [2.05, 4.69) is 5.32 Å². The van der Waals surface area contributed by atoms with Gasteiger partial charge in [-0.1, -0.05) is 30.3 Å². The highest BCUT2D eigenvalue weighted by Gasteiger charge is 2.20. The predicted molar refractivity (Wildman–Crippen MR) is 131 cm³/mol. The molecule has 3 aromatic carbocycles. The van der Waals surface area contributed by atoms with E-state index in [1.807, 2.05) is 13.8 Å². The average Bonchev–Trinajstić information content (AvgIpc) is 2.76. The Kier molecular flexibility index (Phi) is 7.51. The van der Waals surface area contributed by atoms with Gasteiger partial charge in [-0.05, 0) is 86.4 Å². The highest BCUT2D eigenvalue weighted by atomic mass is 32.2. The lowest BCUT2D eigenvalue weighted by molar-refractivity contribution is -0.117. The molecular formula is C26H26F2N2O3S. The van der Waals surface area contributed by atoms with Crippen molar-refractivity contribution in [1.82, 2.24) is 4.72 Å². The molecule has 0 bridgehead atoms. The second-order valence-electron chi connectivity index (χ2n) is 8.26. The molecule has 2 N–H and O–H groups in total. The summed E-state index contributed by atoms with van der Waals surface area (Å²) in [5.74, 6) is -3.03. The molecule has 0 saturated heterocycles. The van der Waals surface area contributed by atoms with Gasteiger partial charge in [-0.3, -0.25) is 4.79 Å². The molecular weight excluding hydrogens is 458 g/mol. The number of benzene rings is 3. The second kappa shape index (κ2) is 10.2. The molecule has 0 fully saturated rings. The predicted octanol–water partition coefficient (Wildman–Crippen LogP) is 5.75. The Hall–Kier alpha value is -3.52. The summed E-state index contributed by atoms with van der Waals surface area (Å²) in [6, 6.07) is 15.6. The van der Waals surface area contributed by atoms with E-state index in [1.165, 1.54) is 30.3 Å². The summed E-state index contributed by atoms with van der Waals surface area (Å²) < 4.78 is 55.7. The minimum Gasteiger partial charge on any atom is -0.383 e. The first-order valence-corrected chi connectivity index (χ1v) is 12.1. The number of rotatable bonds is 7. The van der Waals surface area contributed by atoms with E-state index in [4.69, 9.17) is 0 Å². The Morgan fingerprint density at radius 3 is 2.24 bits per heavy atom. The van der Waals surface area contributed by atoms with Gasteiger partial charge in [0.15, 0.2) is 5.83 Å². The van der Waals surface area contributed by atoms with Crippen LogP contribution in [0.2, 0.25) is 0 Å². The van der Waals surface area contributed by atoms with Gasteiger partial charge >= 0.3 is 0 Å². The Bertz CT molecular complexity index is 1350. The van der Waals surface area contributed by atoms with Crippen LogP contribution in [0.3, 0.4) is 0 Å². The fraction of sp³-hybridized carbons (Fsp3) is 0.192. The molecule has 0 unspecified atom stereocenters. The minimum absolute atomic E-state index is 0.149. The molecule has 34 heavy (non-hydrogen) atoms. The van der Waals surface area contributed by atoms with E-state index >= 15 is 0 Å². The lowest BCUT2D eigenvalue weighted by Crippen LogP contribution is -2.30. The van der Waals surface area contributed by atoms with Gasteiger partial charge in [0, 0.05) is 17.3 Å². The lowest BCUT2D eigenvalue weighted by atomic mass is 9.94. The van der Waals surface area contributed by atoms with Crippen molar-refractivity contribution >= 4 is 27.7 Å². The fourth-order valence-corrected chi connectivity index (χ4v) is 4.45. The molecule has 0 atom stereocenters. The summed E-state index contributed by atoms with van der Waals surface area (Å²) >= 11 is 0. The number of anilines is 1. The lowest BCUT2D eigenvalue weighted by Gasteiger charge is -2.14. The number of amides is 1. The Balaban J connectivity index is 1.86. The third kappa shape index (κ3) is 5.88. The zero-order valence-electron chi connectivity index (χ0n) is 19.3. The number of carbonyl (C=O) groups excluding carboxylic acids is 1. The van der Waals surface area contributed by atoms with Gasteiger partial charge in [0.25, 0.3) is 15.9 Å². The van der Waals surface area contributed by atoms with Gasteiger partial charge in [-0.2, -0.15) is 0 Å². The molecule has 0 aliphatic heterocycles. The SMILES string of the molecule is Cc1cc(-c2ccc(NC(C)C)cc2F)c(C)cc1C=C(F)C(=O)NS(=O)(=O)c1ccccc1. The van der Waals surface area contributed by atoms with Crippen molar-refractivity contribution in [3.63, 3.8) is 0 Å². The van der Waals surface area contributed by atoms with Crippen LogP contribution in [0.1, 0.15) is 30.5 Å². The Morgan fingerprint density at radius 2 is 1.62 bits per heavy atom. The van der Waals surface area contributed by atoms with Crippen molar-refractivity contribution in [2.24, 2.45) is 0 Å². The summed E-state index contributed by atoms with van der Waals surface area (Å²) in [4.78, 5) is 12.0. The number of aryl methyl sites for hydroxylation is 2. The van der Waals surface area contributed by atoms with Gasteiger partial charge in [0.2, 0.25) is 0 Å². The molecule has 0 aliphatic rings. The number of sulfonamides is 1. The molecule has 3 aromatic rings. The van der Waals surface area contributed by atoms with Crippen molar-refractivity contribution in [2.75, 3.05) is 5.32 Å². The Morgan fingerprint density at radius 1 is 0.941 bits per heavy atom. The smallest absolute Gasteiger partial charge is 0.293 e.